The summed E-state index contributed by atoms with van der Waals surface area (Å²) in [4.78, 5) is 24.4. The van der Waals surface area contributed by atoms with Crippen molar-refractivity contribution in [1.82, 2.24) is 0 Å². The molecule has 1 aliphatic carbocycles. The van der Waals surface area contributed by atoms with Crippen LogP contribution in [-0.4, -0.2) is 23.1 Å². The van der Waals surface area contributed by atoms with Crippen molar-refractivity contribution < 1.29 is 14.3 Å². The van der Waals surface area contributed by atoms with E-state index in [9.17, 15) is 9.59 Å². The Morgan fingerprint density at radius 2 is 2.11 bits per heavy atom. The number of rotatable bonds is 3. The maximum Gasteiger partial charge on any atom is 0.327 e. The normalized spacial score (nSPS) is 32.2. The molecule has 3 aliphatic rings. The minimum absolute atomic E-state index is 0.233. The largest absolute Gasteiger partial charge is 0.457 e. The number of carbonyl (C=O) groups excluding carboxylic acids is 2. The van der Waals surface area contributed by atoms with Crippen LogP contribution in [0.15, 0.2) is 41.3 Å². The average molecular weight is 274 g/mol. The number of carbonyl (C=O) groups is 2. The summed E-state index contributed by atoms with van der Waals surface area (Å²) in [7, 11) is 0. The number of benzene rings is 1. The van der Waals surface area contributed by atoms with E-state index < -0.39 is 4.75 Å². The molecular weight excluding hydrogens is 260 g/mol. The molecule has 2 aliphatic heterocycles. The van der Waals surface area contributed by atoms with Crippen molar-refractivity contribution in [3.63, 3.8) is 0 Å². The number of fused-ring (bicyclic) bond motifs is 2. The van der Waals surface area contributed by atoms with Crippen LogP contribution in [-0.2, 0) is 14.3 Å². The number of aryl methyl sites for hydroxylation is 1. The second-order valence-electron chi connectivity index (χ2n) is 4.99. The van der Waals surface area contributed by atoms with Crippen molar-refractivity contribution in [2.75, 3.05) is 0 Å². The van der Waals surface area contributed by atoms with Gasteiger partial charge in [-0.05, 0) is 31.6 Å². The Kier molecular flexibility index (Phi) is 2.97. The molecule has 0 aromatic heterocycles. The number of esters is 1. The molecule has 1 aromatic rings. The first kappa shape index (κ1) is 12.5. The Morgan fingerprint density at radius 1 is 1.37 bits per heavy atom. The van der Waals surface area contributed by atoms with Gasteiger partial charge in [-0.15, -0.1) is 11.8 Å². The highest BCUT2D eigenvalue weighted by Crippen LogP contribution is 2.48. The Morgan fingerprint density at radius 3 is 2.74 bits per heavy atom. The van der Waals surface area contributed by atoms with E-state index in [-0.39, 0.29) is 18.0 Å². The molecule has 19 heavy (non-hydrogen) atoms. The molecule has 1 fully saturated rings. The van der Waals surface area contributed by atoms with Crippen LogP contribution < -0.4 is 0 Å². The monoisotopic (exact) mass is 274 g/mol. The number of hydrogen-bond acceptors (Lipinski definition) is 4. The maximum atomic E-state index is 12.2. The van der Waals surface area contributed by atoms with Crippen LogP contribution in [0.1, 0.15) is 12.0 Å². The van der Waals surface area contributed by atoms with Gasteiger partial charge in [-0.1, -0.05) is 23.8 Å². The SMILES string of the molecule is Cc1ccc(S[C@]23C=C[C@H](C[C@@H]2C=O)OC3=O)cc1. The van der Waals surface area contributed by atoms with E-state index in [1.165, 1.54) is 17.3 Å². The molecule has 1 saturated heterocycles. The van der Waals surface area contributed by atoms with Gasteiger partial charge in [0.15, 0.2) is 0 Å². The van der Waals surface area contributed by atoms with E-state index in [1.54, 1.807) is 0 Å². The first-order valence-corrected chi connectivity index (χ1v) is 7.07. The highest BCUT2D eigenvalue weighted by atomic mass is 32.2. The van der Waals surface area contributed by atoms with Gasteiger partial charge in [-0.2, -0.15) is 0 Å². The van der Waals surface area contributed by atoms with Gasteiger partial charge < -0.3 is 9.53 Å². The van der Waals surface area contributed by atoms with E-state index in [0.29, 0.717) is 6.42 Å². The van der Waals surface area contributed by atoms with Crippen molar-refractivity contribution in [3.8, 4) is 0 Å². The third-order valence-electron chi connectivity index (χ3n) is 3.64. The maximum absolute atomic E-state index is 12.2. The third-order valence-corrected chi connectivity index (χ3v) is 5.10. The summed E-state index contributed by atoms with van der Waals surface area (Å²) in [6.45, 7) is 2.01. The van der Waals surface area contributed by atoms with Gasteiger partial charge in [-0.25, -0.2) is 0 Å². The van der Waals surface area contributed by atoms with Crippen LogP contribution in [0.4, 0.5) is 0 Å². The Hall–Kier alpha value is -1.55. The van der Waals surface area contributed by atoms with Crippen molar-refractivity contribution in [1.29, 1.82) is 0 Å². The number of ether oxygens (including phenoxy) is 1. The molecule has 0 saturated carbocycles. The van der Waals surface area contributed by atoms with Crippen molar-refractivity contribution in [2.45, 2.75) is 29.1 Å². The fourth-order valence-electron chi connectivity index (χ4n) is 2.52. The summed E-state index contributed by atoms with van der Waals surface area (Å²) in [5.74, 6) is -0.607. The number of aldehydes is 1. The molecule has 3 nitrogen and oxygen atoms in total. The Balaban J connectivity index is 1.97. The minimum Gasteiger partial charge on any atom is -0.457 e. The second-order valence-corrected chi connectivity index (χ2v) is 6.34. The standard InChI is InChI=1S/C15H14O3S/c1-10-2-4-13(5-3-10)19-15-7-6-12(18-14(15)17)8-11(15)9-16/h2-7,9,11-12H,8H2,1H3/t11-,12-,15-/m1/s1. The summed E-state index contributed by atoms with van der Waals surface area (Å²) in [6.07, 6.45) is 4.98. The number of thioether (sulfide) groups is 1. The predicted molar refractivity (Wildman–Crippen MR) is 73.0 cm³/mol. The topological polar surface area (TPSA) is 43.4 Å². The molecule has 3 atom stereocenters. The van der Waals surface area contributed by atoms with Crippen LogP contribution in [0.25, 0.3) is 0 Å². The molecule has 0 N–H and O–H groups in total. The molecule has 1 aromatic carbocycles. The van der Waals surface area contributed by atoms with Gasteiger partial charge >= 0.3 is 5.97 Å². The van der Waals surface area contributed by atoms with Crippen molar-refractivity contribution in [3.05, 3.63) is 42.0 Å². The van der Waals surface area contributed by atoms with Gasteiger partial charge in [0.1, 0.15) is 17.1 Å². The molecule has 98 valence electrons. The average Bonchev–Trinajstić information content (AvgIpc) is 2.42. The van der Waals surface area contributed by atoms with Crippen LogP contribution in [0.3, 0.4) is 0 Å². The zero-order valence-corrected chi connectivity index (χ0v) is 11.4. The van der Waals surface area contributed by atoms with E-state index in [1.807, 2.05) is 43.3 Å². The lowest BCUT2D eigenvalue weighted by Crippen LogP contribution is -2.53. The number of hydrogen-bond donors (Lipinski definition) is 0. The highest BCUT2D eigenvalue weighted by Gasteiger charge is 2.53. The summed E-state index contributed by atoms with van der Waals surface area (Å²) in [5, 5.41) is 0. The quantitative estimate of drug-likeness (QED) is 0.482. The van der Waals surface area contributed by atoms with Gasteiger partial charge in [-0.3, -0.25) is 4.79 Å². The van der Waals surface area contributed by atoms with Gasteiger partial charge in [0, 0.05) is 10.8 Å². The summed E-state index contributed by atoms with van der Waals surface area (Å²) < 4.78 is 4.43. The zero-order chi connectivity index (χ0) is 13.5. The van der Waals surface area contributed by atoms with Crippen molar-refractivity contribution >= 4 is 24.0 Å². The first-order chi connectivity index (χ1) is 9.14. The predicted octanol–water partition coefficient (Wildman–Crippen LogP) is 2.53. The lowest BCUT2D eigenvalue weighted by atomic mass is 9.80. The van der Waals surface area contributed by atoms with E-state index in [0.717, 1.165) is 11.2 Å². The minimum atomic E-state index is -0.883. The fraction of sp³-hybridized carbons (Fsp3) is 0.333. The Bertz CT molecular complexity index is 549. The van der Waals surface area contributed by atoms with Gasteiger partial charge in [0.25, 0.3) is 0 Å². The summed E-state index contributed by atoms with van der Waals surface area (Å²) in [5.41, 5.74) is 1.17. The van der Waals surface area contributed by atoms with Crippen LogP contribution in [0, 0.1) is 12.8 Å². The molecule has 2 bridgehead atoms. The summed E-state index contributed by atoms with van der Waals surface area (Å²) >= 11 is 1.41. The first-order valence-electron chi connectivity index (χ1n) is 6.25. The molecular formula is C15H14O3S. The van der Waals surface area contributed by atoms with E-state index in [4.69, 9.17) is 4.74 Å². The molecule has 0 spiro atoms. The van der Waals surface area contributed by atoms with Crippen molar-refractivity contribution in [2.24, 2.45) is 5.92 Å². The molecule has 4 rings (SSSR count). The molecule has 0 amide bonds. The lowest BCUT2D eigenvalue weighted by molar-refractivity contribution is -0.159. The lowest BCUT2D eigenvalue weighted by Gasteiger charge is -2.43. The smallest absolute Gasteiger partial charge is 0.327 e. The summed E-state index contributed by atoms with van der Waals surface area (Å²) in [6, 6.07) is 7.94. The van der Waals surface area contributed by atoms with Gasteiger partial charge in [0.05, 0.1) is 0 Å². The molecule has 0 radical (unpaired) electrons. The molecule has 4 heteroatoms. The molecule has 2 heterocycles. The Labute approximate surface area is 116 Å². The zero-order valence-electron chi connectivity index (χ0n) is 10.5. The van der Waals surface area contributed by atoms with E-state index >= 15 is 0 Å². The highest BCUT2D eigenvalue weighted by molar-refractivity contribution is 8.01. The molecule has 0 unspecified atom stereocenters. The van der Waals surface area contributed by atoms with Gasteiger partial charge in [0.2, 0.25) is 0 Å². The van der Waals surface area contributed by atoms with E-state index in [2.05, 4.69) is 0 Å². The van der Waals surface area contributed by atoms with Crippen LogP contribution >= 0.6 is 11.8 Å². The second kappa shape index (κ2) is 4.53. The van der Waals surface area contributed by atoms with Crippen LogP contribution in [0.2, 0.25) is 0 Å². The fourth-order valence-corrected chi connectivity index (χ4v) is 3.77. The third kappa shape index (κ3) is 2.00. The van der Waals surface area contributed by atoms with Crippen LogP contribution in [0.5, 0.6) is 0 Å².